The van der Waals surface area contributed by atoms with Gasteiger partial charge in [-0.05, 0) is 24.1 Å². The van der Waals surface area contributed by atoms with Crippen molar-refractivity contribution in [2.24, 2.45) is 5.92 Å². The lowest BCUT2D eigenvalue weighted by molar-refractivity contribution is 0.111. The minimum atomic E-state index is 0.488. The van der Waals surface area contributed by atoms with Crippen LogP contribution in [-0.2, 0) is 0 Å². The average Bonchev–Trinajstić information content (AvgIpc) is 2.35. The van der Waals surface area contributed by atoms with Crippen molar-refractivity contribution in [1.82, 2.24) is 0 Å². The Morgan fingerprint density at radius 1 is 1.44 bits per heavy atom. The van der Waals surface area contributed by atoms with Gasteiger partial charge in [0.15, 0.2) is 6.29 Å². The van der Waals surface area contributed by atoms with Crippen molar-refractivity contribution < 1.29 is 14.3 Å². The fourth-order valence-corrected chi connectivity index (χ4v) is 1.23. The molecule has 1 rings (SSSR count). The van der Waals surface area contributed by atoms with Gasteiger partial charge < -0.3 is 9.47 Å². The molecule has 3 heteroatoms. The number of carbonyl (C=O) groups excluding carboxylic acids is 1. The standard InChI is InChI=1S/C13H18O3/c1-4-10(2)9-16-13-6-5-12(15-3)7-11(13)8-14/h5-8,10H,4,9H2,1-3H3. The van der Waals surface area contributed by atoms with Crippen LogP contribution in [0.1, 0.15) is 30.6 Å². The molecule has 0 aliphatic carbocycles. The van der Waals surface area contributed by atoms with E-state index in [0.717, 1.165) is 12.7 Å². The van der Waals surface area contributed by atoms with E-state index >= 15 is 0 Å². The second-order valence-electron chi connectivity index (χ2n) is 3.85. The van der Waals surface area contributed by atoms with Crippen molar-refractivity contribution in [3.63, 3.8) is 0 Å². The second kappa shape index (κ2) is 6.16. The number of carbonyl (C=O) groups is 1. The summed E-state index contributed by atoms with van der Waals surface area (Å²) in [5.74, 6) is 1.77. The van der Waals surface area contributed by atoms with Gasteiger partial charge in [0, 0.05) is 0 Å². The van der Waals surface area contributed by atoms with Gasteiger partial charge in [0.25, 0.3) is 0 Å². The van der Waals surface area contributed by atoms with E-state index in [2.05, 4.69) is 13.8 Å². The Hall–Kier alpha value is -1.51. The molecular formula is C13H18O3. The summed E-state index contributed by atoms with van der Waals surface area (Å²) < 4.78 is 10.6. The van der Waals surface area contributed by atoms with Crippen molar-refractivity contribution >= 4 is 6.29 Å². The first kappa shape index (κ1) is 12.6. The van der Waals surface area contributed by atoms with E-state index in [0.29, 0.717) is 29.6 Å². The first-order valence-corrected chi connectivity index (χ1v) is 5.47. The van der Waals surface area contributed by atoms with Crippen LogP contribution in [0.15, 0.2) is 18.2 Å². The SMILES string of the molecule is CCC(C)COc1ccc(OC)cc1C=O. The van der Waals surface area contributed by atoms with Crippen LogP contribution in [0.25, 0.3) is 0 Å². The number of hydrogen-bond donors (Lipinski definition) is 0. The number of ether oxygens (including phenoxy) is 2. The first-order valence-electron chi connectivity index (χ1n) is 5.47. The molecule has 0 aliphatic rings. The van der Waals surface area contributed by atoms with Crippen LogP contribution in [0.2, 0.25) is 0 Å². The summed E-state index contributed by atoms with van der Waals surface area (Å²) >= 11 is 0. The predicted molar refractivity (Wildman–Crippen MR) is 63.3 cm³/mol. The Labute approximate surface area is 96.4 Å². The monoisotopic (exact) mass is 222 g/mol. The van der Waals surface area contributed by atoms with Gasteiger partial charge in [-0.2, -0.15) is 0 Å². The van der Waals surface area contributed by atoms with E-state index in [4.69, 9.17) is 9.47 Å². The molecule has 16 heavy (non-hydrogen) atoms. The highest BCUT2D eigenvalue weighted by Gasteiger charge is 2.06. The van der Waals surface area contributed by atoms with E-state index in [1.807, 2.05) is 0 Å². The van der Waals surface area contributed by atoms with Crippen molar-refractivity contribution in [2.45, 2.75) is 20.3 Å². The van der Waals surface area contributed by atoms with Crippen LogP contribution in [0.4, 0.5) is 0 Å². The second-order valence-corrected chi connectivity index (χ2v) is 3.85. The van der Waals surface area contributed by atoms with E-state index in [9.17, 15) is 4.79 Å². The Morgan fingerprint density at radius 3 is 2.75 bits per heavy atom. The predicted octanol–water partition coefficient (Wildman–Crippen LogP) is 2.93. The summed E-state index contributed by atoms with van der Waals surface area (Å²) in [5, 5.41) is 0. The molecule has 0 bridgehead atoms. The molecular weight excluding hydrogens is 204 g/mol. The maximum Gasteiger partial charge on any atom is 0.153 e. The fraction of sp³-hybridized carbons (Fsp3) is 0.462. The van der Waals surface area contributed by atoms with Gasteiger partial charge in [-0.25, -0.2) is 0 Å². The zero-order valence-corrected chi connectivity index (χ0v) is 10.0. The molecule has 1 aromatic carbocycles. The molecule has 0 fully saturated rings. The molecule has 0 N–H and O–H groups in total. The summed E-state index contributed by atoms with van der Waals surface area (Å²) in [6.45, 7) is 4.86. The molecule has 0 saturated heterocycles. The van der Waals surface area contributed by atoms with Crippen molar-refractivity contribution in [3.8, 4) is 11.5 Å². The van der Waals surface area contributed by atoms with Gasteiger partial charge in [0.1, 0.15) is 11.5 Å². The largest absolute Gasteiger partial charge is 0.497 e. The molecule has 3 nitrogen and oxygen atoms in total. The lowest BCUT2D eigenvalue weighted by Gasteiger charge is -2.13. The Morgan fingerprint density at radius 2 is 2.19 bits per heavy atom. The zero-order valence-electron chi connectivity index (χ0n) is 10.0. The molecule has 0 heterocycles. The fourth-order valence-electron chi connectivity index (χ4n) is 1.23. The minimum Gasteiger partial charge on any atom is -0.497 e. The lowest BCUT2D eigenvalue weighted by Crippen LogP contribution is -2.08. The highest BCUT2D eigenvalue weighted by Crippen LogP contribution is 2.23. The van der Waals surface area contributed by atoms with Crippen LogP contribution in [-0.4, -0.2) is 20.0 Å². The first-order chi connectivity index (χ1) is 7.71. The van der Waals surface area contributed by atoms with Crippen LogP contribution in [0.5, 0.6) is 11.5 Å². The molecule has 0 aromatic heterocycles. The van der Waals surface area contributed by atoms with E-state index in [-0.39, 0.29) is 0 Å². The van der Waals surface area contributed by atoms with Gasteiger partial charge in [-0.1, -0.05) is 20.3 Å². The number of rotatable bonds is 6. The van der Waals surface area contributed by atoms with Crippen LogP contribution < -0.4 is 9.47 Å². The van der Waals surface area contributed by atoms with E-state index in [1.165, 1.54) is 0 Å². The summed E-state index contributed by atoms with van der Waals surface area (Å²) in [6.07, 6.45) is 1.85. The van der Waals surface area contributed by atoms with Gasteiger partial charge >= 0.3 is 0 Å². The molecule has 0 spiro atoms. The van der Waals surface area contributed by atoms with Crippen LogP contribution >= 0.6 is 0 Å². The van der Waals surface area contributed by atoms with Crippen LogP contribution in [0.3, 0.4) is 0 Å². The van der Waals surface area contributed by atoms with Crippen molar-refractivity contribution in [3.05, 3.63) is 23.8 Å². The van der Waals surface area contributed by atoms with Gasteiger partial charge in [-0.15, -0.1) is 0 Å². The topological polar surface area (TPSA) is 35.5 Å². The third kappa shape index (κ3) is 3.26. The smallest absolute Gasteiger partial charge is 0.153 e. The average molecular weight is 222 g/mol. The summed E-state index contributed by atoms with van der Waals surface area (Å²) in [7, 11) is 1.57. The van der Waals surface area contributed by atoms with Crippen molar-refractivity contribution in [2.75, 3.05) is 13.7 Å². The Bertz CT molecular complexity index is 347. The highest BCUT2D eigenvalue weighted by molar-refractivity contribution is 5.80. The third-order valence-electron chi connectivity index (χ3n) is 2.56. The maximum atomic E-state index is 10.9. The van der Waals surface area contributed by atoms with Crippen LogP contribution in [0, 0.1) is 5.92 Å². The van der Waals surface area contributed by atoms with Crippen molar-refractivity contribution in [1.29, 1.82) is 0 Å². The molecule has 88 valence electrons. The third-order valence-corrected chi connectivity index (χ3v) is 2.56. The molecule has 0 aliphatic heterocycles. The number of benzene rings is 1. The number of hydrogen-bond acceptors (Lipinski definition) is 3. The Kier molecular flexibility index (Phi) is 4.83. The molecule has 0 saturated carbocycles. The Balaban J connectivity index is 2.75. The van der Waals surface area contributed by atoms with Gasteiger partial charge in [0.2, 0.25) is 0 Å². The molecule has 1 atom stereocenters. The summed E-state index contributed by atoms with van der Waals surface area (Å²) in [6, 6.07) is 5.24. The zero-order chi connectivity index (χ0) is 12.0. The minimum absolute atomic E-state index is 0.488. The number of methoxy groups -OCH3 is 1. The summed E-state index contributed by atoms with van der Waals surface area (Å²) in [5.41, 5.74) is 0.530. The molecule has 0 radical (unpaired) electrons. The summed E-state index contributed by atoms with van der Waals surface area (Å²) in [4.78, 5) is 10.9. The quantitative estimate of drug-likeness (QED) is 0.694. The maximum absolute atomic E-state index is 10.9. The molecule has 1 aromatic rings. The van der Waals surface area contributed by atoms with Gasteiger partial charge in [-0.3, -0.25) is 4.79 Å². The normalized spacial score (nSPS) is 11.9. The van der Waals surface area contributed by atoms with E-state index < -0.39 is 0 Å². The highest BCUT2D eigenvalue weighted by atomic mass is 16.5. The van der Waals surface area contributed by atoms with Gasteiger partial charge in [0.05, 0.1) is 19.3 Å². The molecule has 1 unspecified atom stereocenters. The lowest BCUT2D eigenvalue weighted by atomic mass is 10.1. The number of aldehydes is 1. The van der Waals surface area contributed by atoms with E-state index in [1.54, 1.807) is 25.3 Å². The molecule has 0 amide bonds.